The summed E-state index contributed by atoms with van der Waals surface area (Å²) in [6.07, 6.45) is 1.01. The number of benzene rings is 1. The van der Waals surface area contributed by atoms with Gasteiger partial charge in [-0.3, -0.25) is 0 Å². The number of hydrogen-bond acceptors (Lipinski definition) is 5. The van der Waals surface area contributed by atoms with Crippen LogP contribution in [0.1, 0.15) is 24.7 Å². The van der Waals surface area contributed by atoms with Crippen molar-refractivity contribution in [2.75, 3.05) is 6.54 Å². The van der Waals surface area contributed by atoms with Crippen LogP contribution in [0.25, 0.3) is 11.5 Å². The first-order chi connectivity index (χ1) is 9.19. The van der Waals surface area contributed by atoms with Gasteiger partial charge >= 0.3 is 0 Å². The summed E-state index contributed by atoms with van der Waals surface area (Å²) in [5.74, 6) is 2.09. The molecule has 4 nitrogen and oxygen atoms in total. The van der Waals surface area contributed by atoms with Crippen molar-refractivity contribution in [3.05, 3.63) is 35.7 Å². The van der Waals surface area contributed by atoms with Gasteiger partial charge in [-0.15, -0.1) is 0 Å². The topological polar surface area (TPSA) is 64.9 Å². The van der Waals surface area contributed by atoms with Crippen molar-refractivity contribution >= 4 is 11.8 Å². The molecule has 2 rings (SSSR count). The fraction of sp³-hybridized carbons (Fsp3) is 0.429. The molecule has 102 valence electrons. The molecule has 2 N–H and O–H groups in total. The minimum atomic E-state index is 0.520. The maximum absolute atomic E-state index is 5.53. The van der Waals surface area contributed by atoms with Gasteiger partial charge in [0.05, 0.1) is 5.75 Å². The van der Waals surface area contributed by atoms with E-state index in [4.69, 9.17) is 10.3 Å². The Kier molecular flexibility index (Phi) is 4.99. The molecule has 2 aromatic rings. The number of nitrogens with two attached hydrogens (primary N) is 1. The molecule has 0 aliphatic rings. The first-order valence-electron chi connectivity index (χ1n) is 6.40. The van der Waals surface area contributed by atoms with Gasteiger partial charge in [0.1, 0.15) is 0 Å². The molecule has 1 aromatic heterocycles. The Balaban J connectivity index is 1.97. The maximum atomic E-state index is 5.53. The van der Waals surface area contributed by atoms with E-state index in [1.807, 2.05) is 24.3 Å². The monoisotopic (exact) mass is 277 g/mol. The molecule has 0 radical (unpaired) electrons. The Hall–Kier alpha value is -1.33. The lowest BCUT2D eigenvalue weighted by Gasteiger charge is -2.06. The van der Waals surface area contributed by atoms with Crippen LogP contribution in [-0.2, 0) is 5.75 Å². The zero-order valence-electron chi connectivity index (χ0n) is 11.3. The van der Waals surface area contributed by atoms with Crippen LogP contribution in [0, 0.1) is 6.92 Å². The largest absolute Gasteiger partial charge is 0.334 e. The summed E-state index contributed by atoms with van der Waals surface area (Å²) in [7, 11) is 0. The van der Waals surface area contributed by atoms with Crippen LogP contribution in [-0.4, -0.2) is 21.9 Å². The third-order valence-electron chi connectivity index (χ3n) is 2.84. The first kappa shape index (κ1) is 14.1. The first-order valence-corrected chi connectivity index (χ1v) is 7.45. The summed E-state index contributed by atoms with van der Waals surface area (Å²) in [5, 5.41) is 4.53. The average molecular weight is 277 g/mol. The van der Waals surface area contributed by atoms with E-state index in [9.17, 15) is 0 Å². The molecule has 0 aliphatic carbocycles. The van der Waals surface area contributed by atoms with E-state index in [0.717, 1.165) is 30.1 Å². The Morgan fingerprint density at radius 1 is 1.32 bits per heavy atom. The number of aromatic nitrogens is 2. The smallest absolute Gasteiger partial charge is 0.257 e. The Labute approximate surface area is 117 Å². The van der Waals surface area contributed by atoms with E-state index in [1.54, 1.807) is 11.8 Å². The van der Waals surface area contributed by atoms with Crippen molar-refractivity contribution in [3.63, 3.8) is 0 Å². The molecule has 0 bridgehead atoms. The summed E-state index contributed by atoms with van der Waals surface area (Å²) in [4.78, 5) is 4.41. The lowest BCUT2D eigenvalue weighted by atomic mass is 10.1. The molecule has 0 amide bonds. The standard InChI is InChI=1S/C14H19N3OS/c1-10-3-5-12(6-4-10)14-16-13(17-18-14)9-19-11(2)7-8-15/h3-6,11H,7-9,15H2,1-2H3. The Morgan fingerprint density at radius 3 is 2.74 bits per heavy atom. The van der Waals surface area contributed by atoms with E-state index < -0.39 is 0 Å². The average Bonchev–Trinajstić information content (AvgIpc) is 2.86. The molecule has 0 aliphatic heterocycles. The second-order valence-corrected chi connectivity index (χ2v) is 6.01. The van der Waals surface area contributed by atoms with Crippen molar-refractivity contribution in [3.8, 4) is 11.5 Å². The van der Waals surface area contributed by atoms with Crippen LogP contribution >= 0.6 is 11.8 Å². The molecule has 1 unspecified atom stereocenters. The van der Waals surface area contributed by atoms with Crippen LogP contribution < -0.4 is 5.73 Å². The van der Waals surface area contributed by atoms with Gasteiger partial charge in [-0.05, 0) is 32.0 Å². The van der Waals surface area contributed by atoms with Gasteiger partial charge in [0, 0.05) is 10.8 Å². The quantitative estimate of drug-likeness (QED) is 0.879. The van der Waals surface area contributed by atoms with Gasteiger partial charge in [-0.1, -0.05) is 29.8 Å². The zero-order chi connectivity index (χ0) is 13.7. The van der Waals surface area contributed by atoms with Crippen LogP contribution in [0.15, 0.2) is 28.8 Å². The summed E-state index contributed by atoms with van der Waals surface area (Å²) >= 11 is 1.80. The summed E-state index contributed by atoms with van der Waals surface area (Å²) in [5.41, 5.74) is 7.71. The van der Waals surface area contributed by atoms with Crippen LogP contribution in [0.5, 0.6) is 0 Å². The number of aryl methyl sites for hydroxylation is 1. The molecule has 0 saturated heterocycles. The van der Waals surface area contributed by atoms with Gasteiger partial charge in [0.2, 0.25) is 0 Å². The second-order valence-electron chi connectivity index (χ2n) is 4.58. The molecule has 19 heavy (non-hydrogen) atoms. The normalized spacial score (nSPS) is 12.6. The minimum absolute atomic E-state index is 0.520. The van der Waals surface area contributed by atoms with E-state index in [2.05, 4.69) is 24.0 Å². The summed E-state index contributed by atoms with van der Waals surface area (Å²) in [6.45, 7) is 4.94. The van der Waals surface area contributed by atoms with Crippen molar-refractivity contribution in [2.24, 2.45) is 5.73 Å². The molecular weight excluding hydrogens is 258 g/mol. The highest BCUT2D eigenvalue weighted by Gasteiger charge is 2.10. The third kappa shape index (κ3) is 4.08. The Morgan fingerprint density at radius 2 is 2.05 bits per heavy atom. The lowest BCUT2D eigenvalue weighted by Crippen LogP contribution is -2.07. The summed E-state index contributed by atoms with van der Waals surface area (Å²) in [6, 6.07) is 8.07. The Bertz CT molecular complexity index is 510. The van der Waals surface area contributed by atoms with Gasteiger partial charge in [-0.25, -0.2) is 0 Å². The van der Waals surface area contributed by atoms with Crippen molar-refractivity contribution in [1.29, 1.82) is 0 Å². The van der Waals surface area contributed by atoms with Gasteiger partial charge in [0.15, 0.2) is 5.82 Å². The SMILES string of the molecule is Cc1ccc(-c2nc(CSC(C)CCN)no2)cc1. The fourth-order valence-corrected chi connectivity index (χ4v) is 2.51. The number of thioether (sulfide) groups is 1. The minimum Gasteiger partial charge on any atom is -0.334 e. The third-order valence-corrected chi connectivity index (χ3v) is 4.07. The van der Waals surface area contributed by atoms with E-state index in [-0.39, 0.29) is 0 Å². The highest BCUT2D eigenvalue weighted by atomic mass is 32.2. The summed E-state index contributed by atoms with van der Waals surface area (Å²) < 4.78 is 5.28. The predicted octanol–water partition coefficient (Wildman–Crippen LogP) is 3.02. The van der Waals surface area contributed by atoms with Crippen LogP contribution in [0.2, 0.25) is 0 Å². The predicted molar refractivity (Wildman–Crippen MR) is 78.9 cm³/mol. The number of rotatable bonds is 6. The number of hydrogen-bond donors (Lipinski definition) is 1. The zero-order valence-corrected chi connectivity index (χ0v) is 12.1. The van der Waals surface area contributed by atoms with Gasteiger partial charge in [-0.2, -0.15) is 16.7 Å². The molecule has 1 atom stereocenters. The molecule has 0 spiro atoms. The fourth-order valence-electron chi connectivity index (χ4n) is 1.66. The highest BCUT2D eigenvalue weighted by Crippen LogP contribution is 2.21. The number of nitrogens with zero attached hydrogens (tertiary/aromatic N) is 2. The van der Waals surface area contributed by atoms with E-state index >= 15 is 0 Å². The molecular formula is C14H19N3OS. The second kappa shape index (κ2) is 6.73. The van der Waals surface area contributed by atoms with Crippen molar-refractivity contribution in [2.45, 2.75) is 31.3 Å². The molecule has 0 saturated carbocycles. The van der Waals surface area contributed by atoms with Crippen LogP contribution in [0.4, 0.5) is 0 Å². The lowest BCUT2D eigenvalue weighted by molar-refractivity contribution is 0.425. The van der Waals surface area contributed by atoms with Gasteiger partial charge in [0.25, 0.3) is 5.89 Å². The van der Waals surface area contributed by atoms with Crippen molar-refractivity contribution in [1.82, 2.24) is 10.1 Å². The van der Waals surface area contributed by atoms with Crippen molar-refractivity contribution < 1.29 is 4.52 Å². The molecule has 1 aromatic carbocycles. The highest BCUT2D eigenvalue weighted by molar-refractivity contribution is 7.99. The van der Waals surface area contributed by atoms with E-state index in [0.29, 0.717) is 11.1 Å². The van der Waals surface area contributed by atoms with E-state index in [1.165, 1.54) is 5.56 Å². The molecule has 5 heteroatoms. The molecule has 1 heterocycles. The maximum Gasteiger partial charge on any atom is 0.257 e. The van der Waals surface area contributed by atoms with Gasteiger partial charge < -0.3 is 10.3 Å². The molecule has 0 fully saturated rings. The van der Waals surface area contributed by atoms with Crippen LogP contribution in [0.3, 0.4) is 0 Å².